The first-order chi connectivity index (χ1) is 8.76. The van der Waals surface area contributed by atoms with Gasteiger partial charge in [-0.2, -0.15) is 0 Å². The summed E-state index contributed by atoms with van der Waals surface area (Å²) in [6.07, 6.45) is 0. The lowest BCUT2D eigenvalue weighted by atomic mass is 10.4. The van der Waals surface area contributed by atoms with E-state index in [2.05, 4.69) is 9.88 Å². The third-order valence-corrected chi connectivity index (χ3v) is 3.19. The minimum atomic E-state index is 0.625. The molecule has 0 atom stereocenters. The summed E-state index contributed by atoms with van der Waals surface area (Å²) in [4.78, 5) is 6.56. The number of hydrogen-bond donors (Lipinski definition) is 1. The van der Waals surface area contributed by atoms with Crippen molar-refractivity contribution >= 4 is 16.5 Å². The van der Waals surface area contributed by atoms with Gasteiger partial charge in [-0.15, -0.1) is 11.3 Å². The summed E-state index contributed by atoms with van der Waals surface area (Å²) in [6.45, 7) is 9.57. The van der Waals surface area contributed by atoms with Gasteiger partial charge in [0.25, 0.3) is 0 Å². The van der Waals surface area contributed by atoms with Crippen molar-refractivity contribution in [2.45, 2.75) is 20.4 Å². The molecule has 1 aromatic rings. The van der Waals surface area contributed by atoms with E-state index in [4.69, 9.17) is 15.2 Å². The molecule has 0 aliphatic rings. The fourth-order valence-electron chi connectivity index (χ4n) is 1.57. The lowest BCUT2D eigenvalue weighted by molar-refractivity contribution is 0.0793. The maximum Gasteiger partial charge on any atom is 0.180 e. The Kier molecular flexibility index (Phi) is 7.91. The van der Waals surface area contributed by atoms with E-state index in [-0.39, 0.29) is 0 Å². The SMILES string of the molecule is CCOCCN(CCOCC)Cc1csc(N)n1. The van der Waals surface area contributed by atoms with Gasteiger partial charge in [0.05, 0.1) is 18.9 Å². The van der Waals surface area contributed by atoms with Crippen LogP contribution in [0, 0.1) is 0 Å². The highest BCUT2D eigenvalue weighted by molar-refractivity contribution is 7.13. The number of ether oxygens (including phenoxy) is 2. The molecule has 0 spiro atoms. The summed E-state index contributed by atoms with van der Waals surface area (Å²) in [5.41, 5.74) is 6.66. The van der Waals surface area contributed by atoms with Crippen molar-refractivity contribution in [1.82, 2.24) is 9.88 Å². The summed E-state index contributed by atoms with van der Waals surface area (Å²) >= 11 is 1.48. The molecule has 5 nitrogen and oxygen atoms in total. The third-order valence-electron chi connectivity index (χ3n) is 2.47. The van der Waals surface area contributed by atoms with E-state index in [1.807, 2.05) is 19.2 Å². The highest BCUT2D eigenvalue weighted by Crippen LogP contribution is 2.12. The van der Waals surface area contributed by atoms with E-state index >= 15 is 0 Å². The normalized spacial score (nSPS) is 11.3. The van der Waals surface area contributed by atoms with Crippen LogP contribution in [0.5, 0.6) is 0 Å². The summed E-state index contributed by atoms with van der Waals surface area (Å²) < 4.78 is 10.8. The zero-order valence-corrected chi connectivity index (χ0v) is 12.0. The summed E-state index contributed by atoms with van der Waals surface area (Å²) in [5, 5.41) is 2.63. The molecular weight excluding hydrogens is 250 g/mol. The summed E-state index contributed by atoms with van der Waals surface area (Å²) in [7, 11) is 0. The Morgan fingerprint density at radius 2 is 1.83 bits per heavy atom. The molecule has 0 fully saturated rings. The van der Waals surface area contributed by atoms with Crippen molar-refractivity contribution < 1.29 is 9.47 Å². The first-order valence-electron chi connectivity index (χ1n) is 6.34. The van der Waals surface area contributed by atoms with Crippen LogP contribution in [0.25, 0.3) is 0 Å². The van der Waals surface area contributed by atoms with Crippen LogP contribution in [0.4, 0.5) is 5.13 Å². The molecule has 0 amide bonds. The van der Waals surface area contributed by atoms with Crippen LogP contribution in [0.2, 0.25) is 0 Å². The van der Waals surface area contributed by atoms with Crippen molar-refractivity contribution in [3.63, 3.8) is 0 Å². The minimum Gasteiger partial charge on any atom is -0.380 e. The second kappa shape index (κ2) is 9.27. The zero-order valence-electron chi connectivity index (χ0n) is 11.2. The average Bonchev–Trinajstić information content (AvgIpc) is 2.75. The van der Waals surface area contributed by atoms with Gasteiger partial charge in [0.15, 0.2) is 5.13 Å². The Hall–Kier alpha value is -0.690. The Labute approximate surface area is 113 Å². The zero-order chi connectivity index (χ0) is 13.2. The molecule has 2 N–H and O–H groups in total. The number of nitrogens with two attached hydrogens (primary N) is 1. The van der Waals surface area contributed by atoms with Crippen molar-refractivity contribution in [2.75, 3.05) is 45.3 Å². The molecule has 6 heteroatoms. The topological polar surface area (TPSA) is 60.6 Å². The predicted molar refractivity (Wildman–Crippen MR) is 74.8 cm³/mol. The molecule has 104 valence electrons. The predicted octanol–water partition coefficient (Wildman–Crippen LogP) is 1.60. The smallest absolute Gasteiger partial charge is 0.180 e. The maximum absolute atomic E-state index is 5.64. The van der Waals surface area contributed by atoms with Crippen molar-refractivity contribution in [3.05, 3.63) is 11.1 Å². The molecule has 1 heterocycles. The fraction of sp³-hybridized carbons (Fsp3) is 0.750. The summed E-state index contributed by atoms with van der Waals surface area (Å²) in [5.74, 6) is 0. The maximum atomic E-state index is 5.64. The van der Waals surface area contributed by atoms with Gasteiger partial charge in [0, 0.05) is 38.2 Å². The molecule has 1 rings (SSSR count). The Bertz CT molecular complexity index is 310. The van der Waals surface area contributed by atoms with Gasteiger partial charge in [-0.3, -0.25) is 4.90 Å². The molecule has 1 aromatic heterocycles. The number of thiazole rings is 1. The molecule has 0 saturated heterocycles. The number of nitrogens with zero attached hydrogens (tertiary/aromatic N) is 2. The summed E-state index contributed by atoms with van der Waals surface area (Å²) in [6, 6.07) is 0. The quantitative estimate of drug-likeness (QED) is 0.656. The molecular formula is C12H23N3O2S. The van der Waals surface area contributed by atoms with E-state index in [1.54, 1.807) is 0 Å². The highest BCUT2D eigenvalue weighted by Gasteiger charge is 2.08. The van der Waals surface area contributed by atoms with Crippen molar-refractivity contribution in [2.24, 2.45) is 0 Å². The number of hydrogen-bond acceptors (Lipinski definition) is 6. The van der Waals surface area contributed by atoms with Gasteiger partial charge >= 0.3 is 0 Å². The number of rotatable bonds is 10. The Morgan fingerprint density at radius 1 is 1.22 bits per heavy atom. The van der Waals surface area contributed by atoms with E-state index in [9.17, 15) is 0 Å². The van der Waals surface area contributed by atoms with Crippen LogP contribution in [-0.4, -0.2) is 49.4 Å². The van der Waals surface area contributed by atoms with Gasteiger partial charge in [-0.25, -0.2) is 4.98 Å². The molecule has 0 unspecified atom stereocenters. The lowest BCUT2D eigenvalue weighted by Crippen LogP contribution is -2.30. The molecule has 0 bridgehead atoms. The second-order valence-corrected chi connectivity index (χ2v) is 4.74. The van der Waals surface area contributed by atoms with Crippen LogP contribution < -0.4 is 5.73 Å². The first-order valence-corrected chi connectivity index (χ1v) is 7.22. The highest BCUT2D eigenvalue weighted by atomic mass is 32.1. The molecule has 0 radical (unpaired) electrons. The molecule has 0 aliphatic heterocycles. The molecule has 0 saturated carbocycles. The molecule has 0 aromatic carbocycles. The van der Waals surface area contributed by atoms with Crippen LogP contribution >= 0.6 is 11.3 Å². The standard InChI is InChI=1S/C12H23N3O2S/c1-3-16-7-5-15(6-8-17-4-2)9-11-10-18-12(13)14-11/h10H,3-9H2,1-2H3,(H2,13,14). The van der Waals surface area contributed by atoms with Gasteiger partial charge in [0.2, 0.25) is 0 Å². The van der Waals surface area contributed by atoms with Gasteiger partial charge in [-0.1, -0.05) is 0 Å². The van der Waals surface area contributed by atoms with Crippen molar-refractivity contribution in [1.29, 1.82) is 0 Å². The van der Waals surface area contributed by atoms with E-state index in [1.165, 1.54) is 11.3 Å². The van der Waals surface area contributed by atoms with Crippen LogP contribution in [-0.2, 0) is 16.0 Å². The van der Waals surface area contributed by atoms with Crippen LogP contribution in [0.1, 0.15) is 19.5 Å². The van der Waals surface area contributed by atoms with Gasteiger partial charge in [0.1, 0.15) is 0 Å². The minimum absolute atomic E-state index is 0.625. The largest absolute Gasteiger partial charge is 0.380 e. The van der Waals surface area contributed by atoms with Crippen molar-refractivity contribution in [3.8, 4) is 0 Å². The monoisotopic (exact) mass is 273 g/mol. The average molecular weight is 273 g/mol. The third kappa shape index (κ3) is 6.30. The van der Waals surface area contributed by atoms with E-state index in [0.717, 1.165) is 51.8 Å². The second-order valence-electron chi connectivity index (χ2n) is 3.85. The first kappa shape index (κ1) is 15.4. The van der Waals surface area contributed by atoms with E-state index < -0.39 is 0 Å². The fourth-order valence-corrected chi connectivity index (χ4v) is 2.12. The molecule has 0 aliphatic carbocycles. The number of anilines is 1. The molecule has 18 heavy (non-hydrogen) atoms. The van der Waals surface area contributed by atoms with Crippen LogP contribution in [0.15, 0.2) is 5.38 Å². The van der Waals surface area contributed by atoms with Crippen LogP contribution in [0.3, 0.4) is 0 Å². The number of nitrogen functional groups attached to an aromatic ring is 1. The van der Waals surface area contributed by atoms with Gasteiger partial charge < -0.3 is 15.2 Å². The van der Waals surface area contributed by atoms with Gasteiger partial charge in [-0.05, 0) is 13.8 Å². The Balaban J connectivity index is 2.37. The Morgan fingerprint density at radius 3 is 2.28 bits per heavy atom. The van der Waals surface area contributed by atoms with E-state index in [0.29, 0.717) is 5.13 Å². The lowest BCUT2D eigenvalue weighted by Gasteiger charge is -2.20. The number of aromatic nitrogens is 1.